The van der Waals surface area contributed by atoms with E-state index in [9.17, 15) is 0 Å². The van der Waals surface area contributed by atoms with Crippen molar-refractivity contribution >= 4 is 39.2 Å². The molecule has 0 spiro atoms. The van der Waals surface area contributed by atoms with Crippen molar-refractivity contribution in [1.82, 2.24) is 9.97 Å². The zero-order chi connectivity index (χ0) is 16.7. The summed E-state index contributed by atoms with van der Waals surface area (Å²) in [5.41, 5.74) is 1.17. The summed E-state index contributed by atoms with van der Waals surface area (Å²) < 4.78 is 0. The van der Waals surface area contributed by atoms with Gasteiger partial charge in [0, 0.05) is 17.6 Å². The average Bonchev–Trinajstić information content (AvgIpc) is 2.68. The van der Waals surface area contributed by atoms with E-state index in [2.05, 4.69) is 87.6 Å². The number of hydrogen-bond donors (Lipinski definition) is 0. The van der Waals surface area contributed by atoms with Gasteiger partial charge in [-0.05, 0) is 37.1 Å². The second kappa shape index (κ2) is 8.50. The highest BCUT2D eigenvalue weighted by Crippen LogP contribution is 2.55. The number of rotatable bonds is 7. The highest BCUT2D eigenvalue weighted by atomic mass is 75.9. The van der Waals surface area contributed by atoms with Crippen LogP contribution in [-0.2, 0) is 0 Å². The van der Waals surface area contributed by atoms with Gasteiger partial charge in [-0.1, -0.05) is 52.3 Å². The molecular weight excluding hydrogens is 375 g/mol. The molecule has 0 amide bonds. The molecular formula is C20H21BrN2P+. The van der Waals surface area contributed by atoms with Crippen LogP contribution in [0.4, 0.5) is 0 Å². The first-order valence-electron chi connectivity index (χ1n) is 8.20. The number of benzene rings is 2. The number of halogens is 1. The summed E-state index contributed by atoms with van der Waals surface area (Å²) in [5, 5.41) is 3.83. The Morgan fingerprint density at radius 3 is 1.92 bits per heavy atom. The van der Waals surface area contributed by atoms with Crippen LogP contribution in [0.1, 0.15) is 12.8 Å². The topological polar surface area (TPSA) is 25.8 Å². The molecule has 2 aromatic carbocycles. The van der Waals surface area contributed by atoms with Gasteiger partial charge in [0.15, 0.2) is 5.44 Å². The minimum atomic E-state index is -1.75. The molecule has 0 aliphatic heterocycles. The second-order valence-corrected chi connectivity index (χ2v) is 10.0. The average molecular weight is 396 g/mol. The van der Waals surface area contributed by atoms with Gasteiger partial charge in [0.1, 0.15) is 24.2 Å². The van der Waals surface area contributed by atoms with Crippen LogP contribution < -0.4 is 16.0 Å². The normalized spacial score (nSPS) is 11.4. The smallest absolute Gasteiger partial charge is 0.195 e. The van der Waals surface area contributed by atoms with Gasteiger partial charge in [0.25, 0.3) is 0 Å². The maximum Gasteiger partial charge on any atom is 0.195 e. The van der Waals surface area contributed by atoms with Gasteiger partial charge in [-0.15, -0.1) is 0 Å². The first-order valence-corrected chi connectivity index (χ1v) is 11.3. The van der Waals surface area contributed by atoms with Crippen LogP contribution in [0.5, 0.6) is 0 Å². The van der Waals surface area contributed by atoms with Crippen molar-refractivity contribution < 1.29 is 0 Å². The van der Waals surface area contributed by atoms with Crippen molar-refractivity contribution in [3.8, 4) is 0 Å². The van der Waals surface area contributed by atoms with Crippen LogP contribution in [0.3, 0.4) is 0 Å². The Balaban J connectivity index is 2.20. The fourth-order valence-electron chi connectivity index (χ4n) is 3.10. The van der Waals surface area contributed by atoms with Crippen LogP contribution in [0.15, 0.2) is 79.3 Å². The third kappa shape index (κ3) is 3.58. The Hall–Kier alpha value is -1.57. The predicted octanol–water partition coefficient (Wildman–Crippen LogP) is 3.95. The minimum absolute atomic E-state index is 1.04. The first kappa shape index (κ1) is 17.3. The van der Waals surface area contributed by atoms with Crippen LogP contribution in [-0.4, -0.2) is 21.5 Å². The number of unbranched alkanes of at least 4 members (excludes halogenated alkanes) is 1. The second-order valence-electron chi connectivity index (χ2n) is 5.67. The highest BCUT2D eigenvalue weighted by Gasteiger charge is 2.46. The van der Waals surface area contributed by atoms with E-state index in [1.165, 1.54) is 28.9 Å². The lowest BCUT2D eigenvalue weighted by molar-refractivity contribution is 0.907. The van der Waals surface area contributed by atoms with Gasteiger partial charge in [0.05, 0.1) is 6.16 Å². The summed E-state index contributed by atoms with van der Waals surface area (Å²) in [5.74, 6) is 0. The van der Waals surface area contributed by atoms with Crippen LogP contribution in [0.2, 0.25) is 0 Å². The van der Waals surface area contributed by atoms with Crippen LogP contribution in [0.25, 0.3) is 0 Å². The molecule has 2 nitrogen and oxygen atoms in total. The van der Waals surface area contributed by atoms with Gasteiger partial charge in [-0.25, -0.2) is 9.97 Å². The monoisotopic (exact) mass is 396 g/mol. The van der Waals surface area contributed by atoms with Crippen LogP contribution >= 0.6 is 23.2 Å². The van der Waals surface area contributed by atoms with E-state index >= 15 is 0 Å². The Labute approximate surface area is 152 Å². The van der Waals surface area contributed by atoms with Crippen molar-refractivity contribution in [2.45, 2.75) is 12.8 Å². The Morgan fingerprint density at radius 1 is 0.792 bits per heavy atom. The van der Waals surface area contributed by atoms with E-state index in [-0.39, 0.29) is 0 Å². The maximum absolute atomic E-state index is 4.71. The number of aromatic nitrogens is 2. The summed E-state index contributed by atoms with van der Waals surface area (Å²) in [6, 6.07) is 23.9. The Bertz CT molecular complexity index is 639. The molecule has 0 fully saturated rings. The summed E-state index contributed by atoms with van der Waals surface area (Å²) in [4.78, 5) is 8.85. The molecule has 122 valence electrons. The lowest BCUT2D eigenvalue weighted by Crippen LogP contribution is -2.35. The van der Waals surface area contributed by atoms with E-state index in [1.807, 2.05) is 6.20 Å². The third-order valence-corrected chi connectivity index (χ3v) is 9.18. The Kier molecular flexibility index (Phi) is 6.12. The standard InChI is InChI=1S/C20H21BrN2P/c21-14-7-8-16-24(18-9-3-1-4-10-18,19-11-5-2-6-12-19)20-13-15-22-17-23-20/h1-6,9-13,15,17H,7-8,14,16H2/q+1/i21-4. The van der Waals surface area contributed by atoms with Gasteiger partial charge in [-0.3, -0.25) is 0 Å². The lowest BCUT2D eigenvalue weighted by atomic mass is 10.4. The molecule has 3 aromatic rings. The molecule has 1 heterocycles. The maximum atomic E-state index is 4.71. The Morgan fingerprint density at radius 2 is 1.42 bits per heavy atom. The van der Waals surface area contributed by atoms with Gasteiger partial charge < -0.3 is 0 Å². The molecule has 0 saturated carbocycles. The molecule has 24 heavy (non-hydrogen) atoms. The molecule has 1 aromatic heterocycles. The van der Waals surface area contributed by atoms with Crippen molar-refractivity contribution in [3.63, 3.8) is 0 Å². The first-order chi connectivity index (χ1) is 11.9. The lowest BCUT2D eigenvalue weighted by Gasteiger charge is -2.26. The highest BCUT2D eigenvalue weighted by molar-refractivity contribution is 9.09. The van der Waals surface area contributed by atoms with E-state index in [4.69, 9.17) is 4.98 Å². The number of nitrogens with zero attached hydrogens (tertiary/aromatic N) is 2. The largest absolute Gasteiger partial charge is 0.245 e. The molecule has 0 N–H and O–H groups in total. The predicted molar refractivity (Wildman–Crippen MR) is 109 cm³/mol. The summed E-state index contributed by atoms with van der Waals surface area (Å²) in [7, 11) is -1.75. The van der Waals surface area contributed by atoms with Crippen molar-refractivity contribution in [3.05, 3.63) is 79.3 Å². The molecule has 4 heteroatoms. The van der Waals surface area contributed by atoms with Crippen molar-refractivity contribution in [1.29, 1.82) is 0 Å². The SMILES string of the molecule is [76Br]CCCC[P+](c1ccccc1)(c1ccccc1)c1ccncn1. The number of hydrogen-bond acceptors (Lipinski definition) is 2. The number of alkyl halides is 1. The molecule has 0 unspecified atom stereocenters. The molecule has 0 atom stereocenters. The molecule has 0 radical (unpaired) electrons. The van der Waals surface area contributed by atoms with Crippen molar-refractivity contribution in [2.24, 2.45) is 0 Å². The zero-order valence-corrected chi connectivity index (χ0v) is 16.0. The van der Waals surface area contributed by atoms with Gasteiger partial charge in [-0.2, -0.15) is 0 Å². The fourth-order valence-corrected chi connectivity index (χ4v) is 7.70. The van der Waals surface area contributed by atoms with E-state index < -0.39 is 7.26 Å². The van der Waals surface area contributed by atoms with Crippen molar-refractivity contribution in [2.75, 3.05) is 11.5 Å². The summed E-state index contributed by atoms with van der Waals surface area (Å²) in [6.45, 7) is 0. The zero-order valence-electron chi connectivity index (χ0n) is 13.6. The molecule has 0 aliphatic carbocycles. The summed E-state index contributed by atoms with van der Waals surface area (Å²) >= 11 is 3.57. The molecule has 3 rings (SSSR count). The van der Waals surface area contributed by atoms with Crippen LogP contribution in [0, 0.1) is 0 Å². The third-order valence-electron chi connectivity index (χ3n) is 4.23. The summed E-state index contributed by atoms with van der Waals surface area (Å²) in [6.07, 6.45) is 7.02. The van der Waals surface area contributed by atoms with E-state index in [1.54, 1.807) is 6.33 Å². The van der Waals surface area contributed by atoms with E-state index in [0.29, 0.717) is 0 Å². The van der Waals surface area contributed by atoms with Gasteiger partial charge in [0.2, 0.25) is 0 Å². The molecule has 0 saturated heterocycles. The fraction of sp³-hybridized carbons (Fsp3) is 0.200. The van der Waals surface area contributed by atoms with E-state index in [0.717, 1.165) is 11.5 Å². The quantitative estimate of drug-likeness (QED) is 0.344. The van der Waals surface area contributed by atoms with Gasteiger partial charge >= 0.3 is 0 Å². The molecule has 0 bridgehead atoms. The minimum Gasteiger partial charge on any atom is -0.245 e. The molecule has 0 aliphatic rings.